The maximum absolute atomic E-state index is 14.8. The van der Waals surface area contributed by atoms with Gasteiger partial charge in [-0.05, 0) is 32.0 Å². The first-order valence-electron chi connectivity index (χ1n) is 10.5. The van der Waals surface area contributed by atoms with Crippen molar-refractivity contribution in [3.63, 3.8) is 0 Å². The van der Waals surface area contributed by atoms with Crippen LogP contribution in [0.3, 0.4) is 0 Å². The topological polar surface area (TPSA) is 68.1 Å². The van der Waals surface area contributed by atoms with Gasteiger partial charge in [0.2, 0.25) is 0 Å². The van der Waals surface area contributed by atoms with Crippen molar-refractivity contribution in [2.24, 2.45) is 0 Å². The lowest BCUT2D eigenvalue weighted by Crippen LogP contribution is -2.38. The lowest BCUT2D eigenvalue weighted by atomic mass is 10.1. The van der Waals surface area contributed by atoms with Crippen molar-refractivity contribution in [2.45, 2.75) is 39.4 Å². The minimum absolute atomic E-state index is 0.0756. The molecule has 0 saturated heterocycles. The predicted molar refractivity (Wildman–Crippen MR) is 112 cm³/mol. The number of hydrogen-bond donors (Lipinski definition) is 1. The maximum Gasteiger partial charge on any atom is 0.178 e. The molecule has 0 saturated carbocycles. The van der Waals surface area contributed by atoms with E-state index in [2.05, 4.69) is 25.3 Å². The van der Waals surface area contributed by atoms with Gasteiger partial charge in [0, 0.05) is 24.7 Å². The molecule has 3 aromatic rings. The lowest BCUT2D eigenvalue weighted by Gasteiger charge is -2.34. The number of anilines is 1. The average molecular weight is 426 g/mol. The van der Waals surface area contributed by atoms with E-state index < -0.39 is 11.6 Å². The number of hydrogen-bond acceptors (Lipinski definition) is 6. The zero-order valence-corrected chi connectivity index (χ0v) is 17.5. The summed E-state index contributed by atoms with van der Waals surface area (Å²) in [6.45, 7) is 7.58. The molecule has 0 amide bonds. The van der Waals surface area contributed by atoms with Crippen LogP contribution in [0.15, 0.2) is 24.4 Å². The molecule has 0 bridgehead atoms. The second kappa shape index (κ2) is 7.88. The Hall–Kier alpha value is -3.07. The molecule has 0 fully saturated rings. The summed E-state index contributed by atoms with van der Waals surface area (Å²) >= 11 is 0. The highest BCUT2D eigenvalue weighted by atomic mass is 19.1. The molecular formula is C22H24F2N6O. The van der Waals surface area contributed by atoms with Crippen LogP contribution in [0.5, 0.6) is 5.75 Å². The van der Waals surface area contributed by atoms with E-state index in [1.54, 1.807) is 6.07 Å². The molecule has 5 rings (SSSR count). The van der Waals surface area contributed by atoms with Crippen molar-refractivity contribution in [3.05, 3.63) is 53.2 Å². The summed E-state index contributed by atoms with van der Waals surface area (Å²) in [5, 5.41) is 7.90. The smallest absolute Gasteiger partial charge is 0.178 e. The SMILES string of the molecule is CC(C)N1CCOc2c(F)cc(-c3nc(Cc4cc5n(n4)CCNC5)ncc3F)cc21. The van der Waals surface area contributed by atoms with E-state index >= 15 is 0 Å². The molecule has 4 heterocycles. The van der Waals surface area contributed by atoms with E-state index in [0.29, 0.717) is 36.6 Å². The highest BCUT2D eigenvalue weighted by Crippen LogP contribution is 2.39. The highest BCUT2D eigenvalue weighted by Gasteiger charge is 2.25. The Balaban J connectivity index is 1.50. The van der Waals surface area contributed by atoms with Crippen LogP contribution in [0.25, 0.3) is 11.3 Å². The molecular weight excluding hydrogens is 402 g/mol. The van der Waals surface area contributed by atoms with E-state index in [-0.39, 0.29) is 17.5 Å². The predicted octanol–water partition coefficient (Wildman–Crippen LogP) is 2.92. The number of ether oxygens (including phenoxy) is 1. The summed E-state index contributed by atoms with van der Waals surface area (Å²) < 4.78 is 37.0. The Morgan fingerprint density at radius 1 is 1.16 bits per heavy atom. The fourth-order valence-electron chi connectivity index (χ4n) is 4.17. The summed E-state index contributed by atoms with van der Waals surface area (Å²) in [5.74, 6) is -0.471. The molecule has 2 aliphatic rings. The average Bonchev–Trinajstić information content (AvgIpc) is 3.17. The first kappa shape index (κ1) is 19.9. The van der Waals surface area contributed by atoms with Crippen molar-refractivity contribution in [2.75, 3.05) is 24.6 Å². The fraction of sp³-hybridized carbons (Fsp3) is 0.409. The largest absolute Gasteiger partial charge is 0.486 e. The Kier molecular flexibility index (Phi) is 5.05. The Morgan fingerprint density at radius 2 is 2.03 bits per heavy atom. The van der Waals surface area contributed by atoms with E-state index in [1.165, 1.54) is 6.07 Å². The van der Waals surface area contributed by atoms with Crippen LogP contribution in [-0.2, 0) is 19.5 Å². The number of rotatable bonds is 4. The molecule has 0 unspecified atom stereocenters. The number of nitrogens with one attached hydrogen (secondary N) is 1. The van der Waals surface area contributed by atoms with Gasteiger partial charge in [0.1, 0.15) is 18.1 Å². The molecule has 1 N–H and O–H groups in total. The van der Waals surface area contributed by atoms with Crippen LogP contribution < -0.4 is 15.0 Å². The Bertz CT molecular complexity index is 1110. The van der Waals surface area contributed by atoms with Crippen molar-refractivity contribution >= 4 is 5.69 Å². The van der Waals surface area contributed by atoms with Crippen molar-refractivity contribution in [3.8, 4) is 17.0 Å². The van der Waals surface area contributed by atoms with Crippen LogP contribution >= 0.6 is 0 Å². The van der Waals surface area contributed by atoms with Crippen LogP contribution in [0.1, 0.15) is 31.1 Å². The van der Waals surface area contributed by atoms with Crippen LogP contribution in [0.4, 0.5) is 14.5 Å². The summed E-state index contributed by atoms with van der Waals surface area (Å²) in [6.07, 6.45) is 1.52. The first-order valence-corrected chi connectivity index (χ1v) is 10.5. The van der Waals surface area contributed by atoms with Gasteiger partial charge in [0.25, 0.3) is 0 Å². The Morgan fingerprint density at radius 3 is 2.84 bits per heavy atom. The molecule has 1 aromatic carbocycles. The molecule has 9 heteroatoms. The third kappa shape index (κ3) is 3.74. The first-order chi connectivity index (χ1) is 15.0. The highest BCUT2D eigenvalue weighted by molar-refractivity contribution is 5.72. The van der Waals surface area contributed by atoms with Gasteiger partial charge in [0.05, 0.1) is 42.8 Å². The molecule has 0 aliphatic carbocycles. The third-order valence-electron chi connectivity index (χ3n) is 5.66. The van der Waals surface area contributed by atoms with Crippen LogP contribution in [-0.4, -0.2) is 45.5 Å². The standard InChI is InChI=1S/C22H24F2N6O/c1-13(2)29-5-6-31-22-17(23)7-14(8-19(22)29)21-18(24)12-26-20(27-21)10-15-9-16-11-25-3-4-30(16)28-15/h7-9,12-13,25H,3-6,10-11H2,1-2H3. The van der Waals surface area contributed by atoms with E-state index in [0.717, 1.165) is 37.2 Å². The number of benzene rings is 1. The molecule has 0 radical (unpaired) electrons. The van der Waals surface area contributed by atoms with Crippen molar-refractivity contribution in [1.82, 2.24) is 25.1 Å². The van der Waals surface area contributed by atoms with E-state index in [4.69, 9.17) is 4.74 Å². The number of fused-ring (bicyclic) bond motifs is 2. The number of nitrogens with zero attached hydrogens (tertiary/aromatic N) is 5. The molecule has 0 spiro atoms. The summed E-state index contributed by atoms with van der Waals surface area (Å²) in [4.78, 5) is 10.6. The van der Waals surface area contributed by atoms with Gasteiger partial charge in [0.15, 0.2) is 17.4 Å². The summed E-state index contributed by atoms with van der Waals surface area (Å²) in [6, 6.07) is 5.19. The molecule has 0 atom stereocenters. The van der Waals surface area contributed by atoms with Gasteiger partial charge in [-0.1, -0.05) is 0 Å². The normalized spacial score (nSPS) is 15.6. The molecule has 31 heavy (non-hydrogen) atoms. The van der Waals surface area contributed by atoms with Gasteiger partial charge in [-0.2, -0.15) is 5.10 Å². The zero-order valence-electron chi connectivity index (χ0n) is 17.5. The van der Waals surface area contributed by atoms with Gasteiger partial charge in [-0.3, -0.25) is 4.68 Å². The van der Waals surface area contributed by atoms with Gasteiger partial charge in [-0.25, -0.2) is 18.7 Å². The quantitative estimate of drug-likeness (QED) is 0.692. The van der Waals surface area contributed by atoms with E-state index in [1.807, 2.05) is 24.6 Å². The van der Waals surface area contributed by atoms with Gasteiger partial charge in [-0.15, -0.1) is 0 Å². The van der Waals surface area contributed by atoms with Crippen LogP contribution in [0, 0.1) is 11.6 Å². The van der Waals surface area contributed by atoms with Gasteiger partial charge >= 0.3 is 0 Å². The maximum atomic E-state index is 14.8. The summed E-state index contributed by atoms with van der Waals surface area (Å²) in [7, 11) is 0. The third-order valence-corrected chi connectivity index (χ3v) is 5.66. The lowest BCUT2D eigenvalue weighted by molar-refractivity contribution is 0.287. The second-order valence-corrected chi connectivity index (χ2v) is 8.13. The molecule has 7 nitrogen and oxygen atoms in total. The molecule has 2 aromatic heterocycles. The monoisotopic (exact) mass is 426 g/mol. The van der Waals surface area contributed by atoms with Gasteiger partial charge < -0.3 is 15.0 Å². The number of aromatic nitrogens is 4. The van der Waals surface area contributed by atoms with Crippen molar-refractivity contribution in [1.29, 1.82) is 0 Å². The Labute approximate surface area is 179 Å². The van der Waals surface area contributed by atoms with E-state index in [9.17, 15) is 8.78 Å². The molecule has 2 aliphatic heterocycles. The summed E-state index contributed by atoms with van der Waals surface area (Å²) in [5.41, 5.74) is 2.99. The minimum Gasteiger partial charge on any atom is -0.486 e. The second-order valence-electron chi connectivity index (χ2n) is 8.13. The zero-order chi connectivity index (χ0) is 21.5. The molecule has 162 valence electrons. The van der Waals surface area contributed by atoms with Crippen molar-refractivity contribution < 1.29 is 13.5 Å². The minimum atomic E-state index is -0.593. The number of halogens is 2. The fourth-order valence-corrected chi connectivity index (χ4v) is 4.17. The van der Waals surface area contributed by atoms with Crippen LogP contribution in [0.2, 0.25) is 0 Å².